The molecule has 2 aromatic carbocycles. The van der Waals surface area contributed by atoms with Gasteiger partial charge in [0.2, 0.25) is 11.8 Å². The molecule has 0 saturated heterocycles. The summed E-state index contributed by atoms with van der Waals surface area (Å²) in [6, 6.07) is 10.7. The van der Waals surface area contributed by atoms with Gasteiger partial charge in [0.05, 0.1) is 6.42 Å². The second kappa shape index (κ2) is 11.5. The summed E-state index contributed by atoms with van der Waals surface area (Å²) >= 11 is 12.8. The number of hydrogen-bond acceptors (Lipinski definition) is 2. The van der Waals surface area contributed by atoms with Crippen molar-refractivity contribution < 1.29 is 9.59 Å². The zero-order chi connectivity index (χ0) is 23.1. The van der Waals surface area contributed by atoms with Gasteiger partial charge in [-0.2, -0.15) is 0 Å². The summed E-state index contributed by atoms with van der Waals surface area (Å²) in [5.41, 5.74) is 3.87. The van der Waals surface area contributed by atoms with Crippen molar-refractivity contribution in [3.05, 3.63) is 68.7 Å². The van der Waals surface area contributed by atoms with Crippen LogP contribution >= 0.6 is 23.2 Å². The molecule has 31 heavy (non-hydrogen) atoms. The molecule has 0 aliphatic carbocycles. The van der Waals surface area contributed by atoms with Crippen LogP contribution in [0.25, 0.3) is 0 Å². The highest BCUT2D eigenvalue weighted by Crippen LogP contribution is 2.27. The number of nitrogens with one attached hydrogen (secondary N) is 1. The molecule has 0 spiro atoms. The Bertz CT molecular complexity index is 909. The fourth-order valence-corrected chi connectivity index (χ4v) is 3.92. The SMILES string of the molecule is CC[C@H](C)NC(=O)[C@H](CC)N(Cc1c(Cl)cccc1Cl)C(=O)Cc1ccc(C)c(C)c1. The molecule has 0 bridgehead atoms. The largest absolute Gasteiger partial charge is 0.352 e. The predicted molar refractivity (Wildman–Crippen MR) is 129 cm³/mol. The van der Waals surface area contributed by atoms with Crippen molar-refractivity contribution in [1.82, 2.24) is 10.2 Å². The number of rotatable bonds is 9. The molecule has 1 N–H and O–H groups in total. The number of aryl methyl sites for hydroxylation is 2. The van der Waals surface area contributed by atoms with E-state index < -0.39 is 6.04 Å². The third kappa shape index (κ3) is 6.72. The molecule has 2 amide bonds. The molecule has 0 radical (unpaired) electrons. The molecule has 0 saturated carbocycles. The van der Waals surface area contributed by atoms with Gasteiger partial charge in [0.1, 0.15) is 6.04 Å². The lowest BCUT2D eigenvalue weighted by Gasteiger charge is -2.32. The van der Waals surface area contributed by atoms with Crippen LogP contribution in [0.3, 0.4) is 0 Å². The number of halogens is 2. The van der Waals surface area contributed by atoms with Crippen molar-refractivity contribution in [1.29, 1.82) is 0 Å². The van der Waals surface area contributed by atoms with E-state index in [4.69, 9.17) is 23.2 Å². The van der Waals surface area contributed by atoms with Gasteiger partial charge in [0.25, 0.3) is 0 Å². The van der Waals surface area contributed by atoms with Gasteiger partial charge in [-0.05, 0) is 62.4 Å². The number of hydrogen-bond donors (Lipinski definition) is 1. The van der Waals surface area contributed by atoms with Crippen LogP contribution in [0.1, 0.15) is 55.9 Å². The molecule has 0 fully saturated rings. The molecule has 2 atom stereocenters. The zero-order valence-corrected chi connectivity index (χ0v) is 20.5. The van der Waals surface area contributed by atoms with Crippen LogP contribution in [-0.2, 0) is 22.6 Å². The van der Waals surface area contributed by atoms with E-state index in [1.807, 2.05) is 52.8 Å². The summed E-state index contributed by atoms with van der Waals surface area (Å²) in [5.74, 6) is -0.293. The Morgan fingerprint density at radius 2 is 1.65 bits per heavy atom. The highest BCUT2D eigenvalue weighted by Gasteiger charge is 2.30. The Kier molecular flexibility index (Phi) is 9.39. The highest BCUT2D eigenvalue weighted by molar-refractivity contribution is 6.36. The number of benzene rings is 2. The van der Waals surface area contributed by atoms with Gasteiger partial charge in [0, 0.05) is 28.2 Å². The number of carbonyl (C=O) groups excluding carboxylic acids is 2. The van der Waals surface area contributed by atoms with Crippen molar-refractivity contribution in [2.75, 3.05) is 0 Å². The lowest BCUT2D eigenvalue weighted by Crippen LogP contribution is -2.51. The first-order chi connectivity index (χ1) is 14.7. The van der Waals surface area contributed by atoms with Crippen molar-refractivity contribution in [3.63, 3.8) is 0 Å². The van der Waals surface area contributed by atoms with E-state index >= 15 is 0 Å². The van der Waals surface area contributed by atoms with Crippen LogP contribution in [0, 0.1) is 13.8 Å². The van der Waals surface area contributed by atoms with Gasteiger partial charge >= 0.3 is 0 Å². The van der Waals surface area contributed by atoms with Crippen LogP contribution < -0.4 is 5.32 Å². The molecule has 0 aliphatic rings. The highest BCUT2D eigenvalue weighted by atomic mass is 35.5. The van der Waals surface area contributed by atoms with Crippen LogP contribution in [0.4, 0.5) is 0 Å². The van der Waals surface area contributed by atoms with Gasteiger partial charge in [-0.3, -0.25) is 9.59 Å². The Morgan fingerprint density at radius 1 is 1.00 bits per heavy atom. The maximum Gasteiger partial charge on any atom is 0.243 e. The Labute approximate surface area is 195 Å². The normalized spacial score (nSPS) is 12.9. The zero-order valence-electron chi connectivity index (χ0n) is 19.0. The summed E-state index contributed by atoms with van der Waals surface area (Å²) < 4.78 is 0. The van der Waals surface area contributed by atoms with Crippen molar-refractivity contribution >= 4 is 35.0 Å². The van der Waals surface area contributed by atoms with E-state index in [0.29, 0.717) is 22.0 Å². The van der Waals surface area contributed by atoms with Gasteiger partial charge in [0.15, 0.2) is 0 Å². The Balaban J connectivity index is 2.38. The Morgan fingerprint density at radius 3 is 2.19 bits per heavy atom. The predicted octanol–water partition coefficient (Wildman–Crippen LogP) is 5.87. The van der Waals surface area contributed by atoms with Crippen LogP contribution in [0.2, 0.25) is 10.0 Å². The van der Waals surface area contributed by atoms with Gasteiger partial charge < -0.3 is 10.2 Å². The smallest absolute Gasteiger partial charge is 0.243 e. The summed E-state index contributed by atoms with van der Waals surface area (Å²) in [6.07, 6.45) is 1.51. The molecular formula is C25H32Cl2N2O2. The van der Waals surface area contributed by atoms with Gasteiger partial charge in [-0.1, -0.05) is 61.3 Å². The summed E-state index contributed by atoms with van der Waals surface area (Å²) in [7, 11) is 0. The second-order valence-electron chi connectivity index (χ2n) is 8.06. The molecule has 0 aliphatic heterocycles. The van der Waals surface area contributed by atoms with Crippen molar-refractivity contribution in [2.45, 2.75) is 72.5 Å². The number of amides is 2. The van der Waals surface area contributed by atoms with Gasteiger partial charge in [-0.25, -0.2) is 0 Å². The second-order valence-corrected chi connectivity index (χ2v) is 8.87. The van der Waals surface area contributed by atoms with Crippen LogP contribution in [0.15, 0.2) is 36.4 Å². The number of nitrogens with zero attached hydrogens (tertiary/aromatic N) is 1. The summed E-state index contributed by atoms with van der Waals surface area (Å²) in [4.78, 5) is 28.1. The third-order valence-electron chi connectivity index (χ3n) is 5.70. The molecule has 0 aromatic heterocycles. The summed E-state index contributed by atoms with van der Waals surface area (Å²) in [6.45, 7) is 10.1. The van der Waals surface area contributed by atoms with Crippen molar-refractivity contribution in [2.24, 2.45) is 0 Å². The topological polar surface area (TPSA) is 49.4 Å². The Hall–Kier alpha value is -2.04. The molecule has 2 aromatic rings. The molecule has 6 heteroatoms. The molecule has 168 valence electrons. The van der Waals surface area contributed by atoms with Crippen molar-refractivity contribution in [3.8, 4) is 0 Å². The molecular weight excluding hydrogens is 431 g/mol. The first kappa shape index (κ1) is 25.2. The molecule has 4 nitrogen and oxygen atoms in total. The van der Waals surface area contributed by atoms with E-state index in [0.717, 1.165) is 17.5 Å². The minimum atomic E-state index is -0.611. The van der Waals surface area contributed by atoms with Crippen LogP contribution in [-0.4, -0.2) is 28.8 Å². The molecule has 2 rings (SSSR count). The fourth-order valence-electron chi connectivity index (χ4n) is 3.40. The fraction of sp³-hybridized carbons (Fsp3) is 0.440. The minimum Gasteiger partial charge on any atom is -0.352 e. The van der Waals surface area contributed by atoms with E-state index in [2.05, 4.69) is 5.32 Å². The van der Waals surface area contributed by atoms with Gasteiger partial charge in [-0.15, -0.1) is 0 Å². The van der Waals surface area contributed by atoms with E-state index in [-0.39, 0.29) is 30.8 Å². The first-order valence-electron chi connectivity index (χ1n) is 10.8. The average Bonchev–Trinajstić information content (AvgIpc) is 2.72. The van der Waals surface area contributed by atoms with E-state index in [1.165, 1.54) is 5.56 Å². The minimum absolute atomic E-state index is 0.0298. The van der Waals surface area contributed by atoms with Crippen LogP contribution in [0.5, 0.6) is 0 Å². The lowest BCUT2D eigenvalue weighted by atomic mass is 10.0. The monoisotopic (exact) mass is 462 g/mol. The van der Waals surface area contributed by atoms with E-state index in [9.17, 15) is 9.59 Å². The first-order valence-corrected chi connectivity index (χ1v) is 11.5. The molecule has 0 heterocycles. The average molecular weight is 463 g/mol. The maximum atomic E-state index is 13.5. The third-order valence-corrected chi connectivity index (χ3v) is 6.41. The lowest BCUT2D eigenvalue weighted by molar-refractivity contribution is -0.141. The maximum absolute atomic E-state index is 13.5. The quantitative estimate of drug-likeness (QED) is 0.505. The summed E-state index contributed by atoms with van der Waals surface area (Å²) in [5, 5.41) is 3.97. The standard InChI is InChI=1S/C25H32Cl2N2O2/c1-6-18(5)28-25(31)23(7-2)29(15-20-21(26)9-8-10-22(20)27)24(30)14-19-12-11-16(3)17(4)13-19/h8-13,18,23H,6-7,14-15H2,1-5H3,(H,28,31)/t18-,23-/m0/s1. The van der Waals surface area contributed by atoms with E-state index in [1.54, 1.807) is 23.1 Å². The number of carbonyl (C=O) groups is 2. The molecule has 0 unspecified atom stereocenters.